The molecule has 0 saturated heterocycles. The zero-order valence-electron chi connectivity index (χ0n) is 15.0. The van der Waals surface area contributed by atoms with Crippen LogP contribution in [0.25, 0.3) is 0 Å². The van der Waals surface area contributed by atoms with E-state index in [1.807, 2.05) is 25.3 Å². The molecule has 0 aliphatic rings. The summed E-state index contributed by atoms with van der Waals surface area (Å²) in [5, 5.41) is 12.2. The number of esters is 1. The van der Waals surface area contributed by atoms with Crippen LogP contribution >= 0.6 is 23.1 Å². The quantitative estimate of drug-likeness (QED) is 0.585. The molecule has 2 aromatic rings. The molecular weight excluding hydrogens is 360 g/mol. The molecule has 1 N–H and O–H groups in total. The Morgan fingerprint density at radius 2 is 2.00 bits per heavy atom. The number of aryl methyl sites for hydroxylation is 2. The van der Waals surface area contributed by atoms with Gasteiger partial charge in [-0.3, -0.25) is 4.79 Å². The van der Waals surface area contributed by atoms with Crippen LogP contribution in [-0.4, -0.2) is 39.5 Å². The predicted octanol–water partition coefficient (Wildman–Crippen LogP) is 3.19. The third-order valence-electron chi connectivity index (χ3n) is 3.71. The summed E-state index contributed by atoms with van der Waals surface area (Å²) in [7, 11) is 1.33. The van der Waals surface area contributed by atoms with Crippen molar-refractivity contribution in [1.29, 1.82) is 0 Å². The summed E-state index contributed by atoms with van der Waals surface area (Å²) >= 11 is 2.71. The highest BCUT2D eigenvalue weighted by Gasteiger charge is 2.22. The van der Waals surface area contributed by atoms with E-state index in [1.165, 1.54) is 30.2 Å². The van der Waals surface area contributed by atoms with E-state index in [9.17, 15) is 9.59 Å². The molecule has 0 spiro atoms. The normalized spacial score (nSPS) is 10.8. The van der Waals surface area contributed by atoms with Crippen molar-refractivity contribution in [3.8, 4) is 0 Å². The van der Waals surface area contributed by atoms with Crippen LogP contribution < -0.4 is 5.32 Å². The first-order chi connectivity index (χ1) is 11.9. The van der Waals surface area contributed by atoms with E-state index in [2.05, 4.69) is 22.4 Å². The Labute approximate surface area is 155 Å². The second-order valence-electron chi connectivity index (χ2n) is 5.50. The van der Waals surface area contributed by atoms with Crippen LogP contribution in [0.5, 0.6) is 0 Å². The minimum Gasteiger partial charge on any atom is -0.465 e. The van der Waals surface area contributed by atoms with Gasteiger partial charge < -0.3 is 14.6 Å². The number of hydrogen-bond donors (Lipinski definition) is 1. The molecule has 2 rings (SSSR count). The monoisotopic (exact) mass is 382 g/mol. The third kappa shape index (κ3) is 4.40. The molecule has 1 amide bonds. The number of ether oxygens (including phenoxy) is 1. The highest BCUT2D eigenvalue weighted by atomic mass is 32.2. The van der Waals surface area contributed by atoms with Gasteiger partial charge in [-0.05, 0) is 32.8 Å². The highest BCUT2D eigenvalue weighted by Crippen LogP contribution is 2.33. The van der Waals surface area contributed by atoms with Crippen LogP contribution in [0.15, 0.2) is 5.16 Å². The minimum atomic E-state index is -0.442. The molecule has 7 nitrogen and oxygen atoms in total. The lowest BCUT2D eigenvalue weighted by atomic mass is 10.1. The topological polar surface area (TPSA) is 86.1 Å². The molecule has 0 unspecified atom stereocenters. The average Bonchev–Trinajstić information content (AvgIpc) is 3.06. The second kappa shape index (κ2) is 8.48. The number of methoxy groups -OCH3 is 1. The van der Waals surface area contributed by atoms with Crippen LogP contribution in [-0.2, 0) is 16.1 Å². The van der Waals surface area contributed by atoms with Gasteiger partial charge in [-0.15, -0.1) is 21.5 Å². The number of carbonyl (C=O) groups excluding carboxylic acids is 2. The van der Waals surface area contributed by atoms with Gasteiger partial charge in [-0.2, -0.15) is 0 Å². The number of hydrogen-bond acceptors (Lipinski definition) is 7. The molecule has 0 aliphatic carbocycles. The Bertz CT molecular complexity index is 783. The Hall–Kier alpha value is -1.87. The first-order valence-electron chi connectivity index (χ1n) is 7.89. The van der Waals surface area contributed by atoms with Gasteiger partial charge in [-0.1, -0.05) is 18.7 Å². The van der Waals surface area contributed by atoms with Crippen LogP contribution in [0.3, 0.4) is 0 Å². The summed E-state index contributed by atoms with van der Waals surface area (Å²) in [5.41, 5.74) is 1.26. The fourth-order valence-electron chi connectivity index (χ4n) is 2.31. The number of rotatable bonds is 7. The number of anilines is 1. The van der Waals surface area contributed by atoms with Crippen molar-refractivity contribution in [2.24, 2.45) is 0 Å². The lowest BCUT2D eigenvalue weighted by molar-refractivity contribution is -0.113. The lowest BCUT2D eigenvalue weighted by Crippen LogP contribution is -2.16. The number of amides is 1. The molecule has 0 atom stereocenters. The molecular formula is C16H22N4O3S2. The molecule has 2 aromatic heterocycles. The second-order valence-corrected chi connectivity index (χ2v) is 7.66. The van der Waals surface area contributed by atoms with Gasteiger partial charge in [0.2, 0.25) is 5.91 Å². The van der Waals surface area contributed by atoms with Crippen molar-refractivity contribution >= 4 is 40.0 Å². The fourth-order valence-corrected chi connectivity index (χ4v) is 4.18. The number of thioether (sulfide) groups is 1. The Morgan fingerprint density at radius 1 is 1.28 bits per heavy atom. The highest BCUT2D eigenvalue weighted by molar-refractivity contribution is 7.99. The van der Waals surface area contributed by atoms with Gasteiger partial charge in [-0.25, -0.2) is 4.79 Å². The summed E-state index contributed by atoms with van der Waals surface area (Å²) in [6.07, 6.45) is 0.967. The number of nitrogens with one attached hydrogen (secondary N) is 1. The van der Waals surface area contributed by atoms with E-state index >= 15 is 0 Å². The predicted molar refractivity (Wildman–Crippen MR) is 99.5 cm³/mol. The third-order valence-corrected chi connectivity index (χ3v) is 5.80. The number of carbonyl (C=O) groups is 2. The molecule has 0 aliphatic heterocycles. The minimum absolute atomic E-state index is 0.193. The number of aromatic nitrogens is 3. The SMILES string of the molecule is CCCn1c(C)nnc1SCC(=O)Nc1sc(C)c(C)c1C(=O)OC. The van der Waals surface area contributed by atoms with Crippen molar-refractivity contribution in [3.63, 3.8) is 0 Å². The molecule has 2 heterocycles. The Morgan fingerprint density at radius 3 is 2.64 bits per heavy atom. The molecule has 0 radical (unpaired) electrons. The lowest BCUT2D eigenvalue weighted by Gasteiger charge is -2.07. The zero-order valence-corrected chi connectivity index (χ0v) is 16.6. The van der Waals surface area contributed by atoms with Crippen LogP contribution in [0.4, 0.5) is 5.00 Å². The summed E-state index contributed by atoms with van der Waals surface area (Å²) in [4.78, 5) is 25.2. The van der Waals surface area contributed by atoms with Gasteiger partial charge in [0.05, 0.1) is 18.4 Å². The largest absolute Gasteiger partial charge is 0.465 e. The van der Waals surface area contributed by atoms with Crippen LogP contribution in [0.2, 0.25) is 0 Å². The van der Waals surface area contributed by atoms with E-state index in [-0.39, 0.29) is 11.7 Å². The Balaban J connectivity index is 2.07. The molecule has 0 bridgehead atoms. The first-order valence-corrected chi connectivity index (χ1v) is 9.70. The first kappa shape index (κ1) is 19.5. The van der Waals surface area contributed by atoms with Crippen molar-refractivity contribution in [2.45, 2.75) is 45.8 Å². The van der Waals surface area contributed by atoms with E-state index in [4.69, 9.17) is 4.74 Å². The van der Waals surface area contributed by atoms with Gasteiger partial charge in [0.1, 0.15) is 10.8 Å². The smallest absolute Gasteiger partial charge is 0.341 e. The average molecular weight is 383 g/mol. The van der Waals surface area contributed by atoms with Crippen LogP contribution in [0.1, 0.15) is 40.0 Å². The maximum atomic E-state index is 12.3. The summed E-state index contributed by atoms with van der Waals surface area (Å²) in [6.45, 7) is 8.55. The Kier molecular flexibility index (Phi) is 6.60. The maximum Gasteiger partial charge on any atom is 0.341 e. The molecule has 0 fully saturated rings. The van der Waals surface area contributed by atoms with Crippen molar-refractivity contribution in [3.05, 3.63) is 21.8 Å². The van der Waals surface area contributed by atoms with E-state index in [0.29, 0.717) is 10.6 Å². The van der Waals surface area contributed by atoms with Crippen molar-refractivity contribution in [2.75, 3.05) is 18.2 Å². The molecule has 0 saturated carbocycles. The fraction of sp³-hybridized carbons (Fsp3) is 0.500. The summed E-state index contributed by atoms with van der Waals surface area (Å²) in [6, 6.07) is 0. The summed E-state index contributed by atoms with van der Waals surface area (Å²) in [5.74, 6) is 0.392. The molecule has 25 heavy (non-hydrogen) atoms. The van der Waals surface area contributed by atoms with E-state index < -0.39 is 5.97 Å². The maximum absolute atomic E-state index is 12.3. The summed E-state index contributed by atoms with van der Waals surface area (Å²) < 4.78 is 6.81. The van der Waals surface area contributed by atoms with Gasteiger partial charge in [0.15, 0.2) is 5.16 Å². The number of thiophene rings is 1. The van der Waals surface area contributed by atoms with Gasteiger partial charge >= 0.3 is 5.97 Å². The number of nitrogens with zero attached hydrogens (tertiary/aromatic N) is 3. The van der Waals surface area contributed by atoms with Crippen molar-refractivity contribution < 1.29 is 14.3 Å². The van der Waals surface area contributed by atoms with E-state index in [0.717, 1.165) is 34.4 Å². The molecule has 0 aromatic carbocycles. The van der Waals surface area contributed by atoms with E-state index in [1.54, 1.807) is 0 Å². The van der Waals surface area contributed by atoms with Crippen LogP contribution in [0, 0.1) is 20.8 Å². The molecule has 136 valence electrons. The molecule has 9 heteroatoms. The zero-order chi connectivity index (χ0) is 18.6. The van der Waals surface area contributed by atoms with Crippen molar-refractivity contribution in [1.82, 2.24) is 14.8 Å². The van der Waals surface area contributed by atoms with Gasteiger partial charge in [0, 0.05) is 11.4 Å². The van der Waals surface area contributed by atoms with Gasteiger partial charge in [0.25, 0.3) is 0 Å². The standard InChI is InChI=1S/C16H22N4O3S2/c1-6-7-20-11(4)18-19-16(20)24-8-12(21)17-14-13(15(22)23-5)9(2)10(3)25-14/h6-8H2,1-5H3,(H,17,21).